The summed E-state index contributed by atoms with van der Waals surface area (Å²) in [6.45, 7) is 4.72. The third-order valence-corrected chi connectivity index (χ3v) is 2.90. The molecule has 0 aromatic heterocycles. The van der Waals surface area contributed by atoms with Crippen LogP contribution in [-0.4, -0.2) is 22.1 Å². The lowest BCUT2D eigenvalue weighted by Gasteiger charge is -2.35. The Morgan fingerprint density at radius 1 is 0.833 bits per heavy atom. The van der Waals surface area contributed by atoms with Crippen LogP contribution in [-0.2, 0) is 19.3 Å². The third kappa shape index (κ3) is 3.12. The molecule has 0 aromatic carbocycles. The molecule has 0 spiro atoms. The molecular formula is C8H12N2O8. The fourth-order valence-electron chi connectivity index (χ4n) is 0.874. The molecule has 102 valence electrons. The molecular weight excluding hydrogens is 252 g/mol. The second-order valence-electron chi connectivity index (χ2n) is 4.45. The Balaban J connectivity index is 5.17. The van der Waals surface area contributed by atoms with E-state index < -0.39 is 32.9 Å². The first-order valence-electron chi connectivity index (χ1n) is 4.66. The van der Waals surface area contributed by atoms with Crippen molar-refractivity contribution >= 4 is 11.9 Å². The van der Waals surface area contributed by atoms with Gasteiger partial charge in [-0.05, 0) is 27.7 Å². The van der Waals surface area contributed by atoms with Crippen LogP contribution in [0.15, 0.2) is 0 Å². The smallest absolute Gasteiger partial charge is 0.268 e. The molecule has 0 unspecified atom stereocenters. The summed E-state index contributed by atoms with van der Waals surface area (Å²) in [7, 11) is 0. The highest BCUT2D eigenvalue weighted by molar-refractivity contribution is 5.86. The van der Waals surface area contributed by atoms with Crippen molar-refractivity contribution < 1.29 is 29.4 Å². The summed E-state index contributed by atoms with van der Waals surface area (Å²) in [5.41, 5.74) is -3.37. The average Bonchev–Trinajstić information content (AvgIpc) is 2.14. The minimum absolute atomic E-state index is 1.18. The van der Waals surface area contributed by atoms with Gasteiger partial charge in [0.15, 0.2) is 0 Å². The van der Waals surface area contributed by atoms with Crippen molar-refractivity contribution in [2.45, 2.75) is 27.7 Å². The highest BCUT2D eigenvalue weighted by Gasteiger charge is 2.51. The first kappa shape index (κ1) is 15.7. The minimum Gasteiger partial charge on any atom is -0.268 e. The van der Waals surface area contributed by atoms with Crippen molar-refractivity contribution in [2.75, 3.05) is 0 Å². The Morgan fingerprint density at radius 2 is 1.06 bits per heavy atom. The lowest BCUT2D eigenvalue weighted by atomic mass is 9.68. The fourth-order valence-corrected chi connectivity index (χ4v) is 0.874. The fraction of sp³-hybridized carbons (Fsp3) is 0.750. The van der Waals surface area contributed by atoms with E-state index in [-0.39, 0.29) is 0 Å². The molecule has 0 aliphatic carbocycles. The maximum atomic E-state index is 11.5. The summed E-state index contributed by atoms with van der Waals surface area (Å²) in [5.74, 6) is -2.62. The van der Waals surface area contributed by atoms with Crippen molar-refractivity contribution in [2.24, 2.45) is 10.8 Å². The van der Waals surface area contributed by atoms with Gasteiger partial charge in [-0.3, -0.25) is 9.59 Å². The van der Waals surface area contributed by atoms with Gasteiger partial charge in [0.05, 0.1) is 10.8 Å². The molecule has 0 saturated heterocycles. The van der Waals surface area contributed by atoms with Gasteiger partial charge in [0.1, 0.15) is 0 Å². The maximum Gasteiger partial charge on any atom is 0.310 e. The van der Waals surface area contributed by atoms with Crippen LogP contribution in [0.5, 0.6) is 0 Å². The molecule has 0 bridgehead atoms. The van der Waals surface area contributed by atoms with Crippen LogP contribution in [0.25, 0.3) is 0 Å². The van der Waals surface area contributed by atoms with E-state index in [0.29, 0.717) is 0 Å². The molecule has 0 fully saturated rings. The van der Waals surface area contributed by atoms with Gasteiger partial charge in [-0.15, -0.1) is 20.2 Å². The normalized spacial score (nSPS) is 11.6. The Hall–Kier alpha value is -2.26. The van der Waals surface area contributed by atoms with Crippen LogP contribution in [0.1, 0.15) is 27.7 Å². The van der Waals surface area contributed by atoms with Gasteiger partial charge in [-0.25, -0.2) is 9.68 Å². The third-order valence-electron chi connectivity index (χ3n) is 2.90. The van der Waals surface area contributed by atoms with Crippen LogP contribution in [0.3, 0.4) is 0 Å². The molecule has 0 atom stereocenters. The maximum absolute atomic E-state index is 11.5. The molecule has 0 aliphatic rings. The van der Waals surface area contributed by atoms with Crippen LogP contribution < -0.4 is 0 Å². The van der Waals surface area contributed by atoms with E-state index in [1.165, 1.54) is 27.7 Å². The highest BCUT2D eigenvalue weighted by Crippen LogP contribution is 2.40. The van der Waals surface area contributed by atoms with Gasteiger partial charge in [0, 0.05) is 0 Å². The van der Waals surface area contributed by atoms with Gasteiger partial charge in [-0.2, -0.15) is 0 Å². The largest absolute Gasteiger partial charge is 0.310 e. The molecule has 0 rings (SSSR count). The zero-order valence-corrected chi connectivity index (χ0v) is 10.2. The first-order chi connectivity index (χ1) is 7.92. The van der Waals surface area contributed by atoms with E-state index in [2.05, 4.69) is 9.68 Å². The van der Waals surface area contributed by atoms with Crippen molar-refractivity contribution in [3.05, 3.63) is 20.2 Å². The zero-order valence-electron chi connectivity index (χ0n) is 10.2. The number of hydrogen-bond donors (Lipinski definition) is 0. The van der Waals surface area contributed by atoms with Crippen LogP contribution >= 0.6 is 0 Å². The number of rotatable bonds is 5. The highest BCUT2D eigenvalue weighted by atomic mass is 17.0. The van der Waals surface area contributed by atoms with Gasteiger partial charge in [0.2, 0.25) is 0 Å². The van der Waals surface area contributed by atoms with Gasteiger partial charge >= 0.3 is 22.1 Å². The lowest BCUT2D eigenvalue weighted by Crippen LogP contribution is -2.47. The number of hydrogen-bond acceptors (Lipinski definition) is 8. The summed E-state index contributed by atoms with van der Waals surface area (Å²) in [6.07, 6.45) is 0. The van der Waals surface area contributed by atoms with Crippen LogP contribution in [0.4, 0.5) is 0 Å². The summed E-state index contributed by atoms with van der Waals surface area (Å²) in [5, 5.41) is 17.5. The van der Waals surface area contributed by atoms with Crippen molar-refractivity contribution in [1.29, 1.82) is 0 Å². The number of carbonyl (C=O) groups is 2. The molecule has 0 aromatic rings. The molecule has 0 aliphatic heterocycles. The van der Waals surface area contributed by atoms with Gasteiger partial charge in [-0.1, -0.05) is 0 Å². The summed E-state index contributed by atoms with van der Waals surface area (Å²) in [4.78, 5) is 50.6. The number of nitrogens with zero attached hydrogens (tertiary/aromatic N) is 2. The molecule has 0 amide bonds. The van der Waals surface area contributed by atoms with E-state index >= 15 is 0 Å². The zero-order chi connectivity index (χ0) is 14.7. The lowest BCUT2D eigenvalue weighted by molar-refractivity contribution is -0.733. The average molecular weight is 264 g/mol. The van der Waals surface area contributed by atoms with E-state index in [1.54, 1.807) is 0 Å². The van der Waals surface area contributed by atoms with Crippen molar-refractivity contribution in [3.63, 3.8) is 0 Å². The molecule has 18 heavy (non-hydrogen) atoms. The summed E-state index contributed by atoms with van der Waals surface area (Å²) in [6, 6.07) is 0. The summed E-state index contributed by atoms with van der Waals surface area (Å²) >= 11 is 0. The monoisotopic (exact) mass is 264 g/mol. The topological polar surface area (TPSA) is 139 Å². The Morgan fingerprint density at radius 3 is 1.22 bits per heavy atom. The number of carbonyl (C=O) groups excluding carboxylic acids is 2. The Labute approximate surface area is 101 Å². The molecule has 10 heteroatoms. The predicted octanol–water partition coefficient (Wildman–Crippen LogP) is 0.509. The molecule has 0 N–H and O–H groups in total. The molecule has 0 heterocycles. The molecule has 0 saturated carbocycles. The Bertz CT molecular complexity index is 362. The van der Waals surface area contributed by atoms with Gasteiger partial charge in [0.25, 0.3) is 0 Å². The second kappa shape index (κ2) is 4.94. The summed E-state index contributed by atoms with van der Waals surface area (Å²) < 4.78 is 0. The van der Waals surface area contributed by atoms with Crippen LogP contribution in [0, 0.1) is 31.1 Å². The van der Waals surface area contributed by atoms with Gasteiger partial charge < -0.3 is 0 Å². The molecule has 10 nitrogen and oxygen atoms in total. The first-order valence-corrected chi connectivity index (χ1v) is 4.66. The molecule has 0 radical (unpaired) electrons. The minimum atomic E-state index is -1.69. The standard InChI is InChI=1S/C8H12N2O8/c1-7(2,5(11)17-9(13)14)8(3,4)6(12)18-10(15)16/h1-4H3. The predicted molar refractivity (Wildman–Crippen MR) is 53.7 cm³/mol. The van der Waals surface area contributed by atoms with E-state index in [9.17, 15) is 29.8 Å². The Kier molecular flexibility index (Phi) is 4.32. The quantitative estimate of drug-likeness (QED) is 0.516. The van der Waals surface area contributed by atoms with E-state index in [1.807, 2.05) is 0 Å². The van der Waals surface area contributed by atoms with Crippen molar-refractivity contribution in [3.8, 4) is 0 Å². The van der Waals surface area contributed by atoms with E-state index in [4.69, 9.17) is 0 Å². The van der Waals surface area contributed by atoms with Crippen molar-refractivity contribution in [1.82, 2.24) is 0 Å². The van der Waals surface area contributed by atoms with Crippen LogP contribution in [0.2, 0.25) is 0 Å². The van der Waals surface area contributed by atoms with E-state index in [0.717, 1.165) is 0 Å². The second-order valence-corrected chi connectivity index (χ2v) is 4.45. The SMILES string of the molecule is CC(C)(C(=O)O[N+](=O)[O-])C(C)(C)C(=O)O[N+](=O)[O-].